The summed E-state index contributed by atoms with van der Waals surface area (Å²) in [6, 6.07) is 13.6. The molecule has 2 aromatic carbocycles. The van der Waals surface area contributed by atoms with Crippen LogP contribution in [0.25, 0.3) is 6.08 Å². The molecule has 0 heterocycles. The Labute approximate surface area is 117 Å². The van der Waals surface area contributed by atoms with Gasteiger partial charge in [0.25, 0.3) is 0 Å². The molecule has 0 aromatic heterocycles. The second-order valence-corrected chi connectivity index (χ2v) is 4.26. The molecule has 0 saturated heterocycles. The summed E-state index contributed by atoms with van der Waals surface area (Å²) in [5, 5.41) is 0. The van der Waals surface area contributed by atoms with Crippen molar-refractivity contribution in [2.75, 3.05) is 0 Å². The van der Waals surface area contributed by atoms with Crippen LogP contribution in [0.3, 0.4) is 0 Å². The molecule has 0 atom stereocenters. The second kappa shape index (κ2) is 6.49. The Morgan fingerprint density at radius 3 is 2.45 bits per heavy atom. The lowest BCUT2D eigenvalue weighted by Crippen LogP contribution is -1.90. The molecule has 1 nitrogen and oxygen atoms in total. The van der Waals surface area contributed by atoms with Gasteiger partial charge in [0.1, 0.15) is 5.82 Å². The van der Waals surface area contributed by atoms with E-state index in [9.17, 15) is 9.18 Å². The largest absolute Gasteiger partial charge is 0.295 e. The molecule has 0 aliphatic heterocycles. The molecule has 98 valence electrons. The molecule has 0 saturated carbocycles. The standard InChI is InChI=1S/C18H13FO/c1-14(20)16-12-10-15(11-13-16)6-2-3-7-17-8-4-5-9-18(17)19/h2,4-6,8-13H,1H3/b6-2+. The summed E-state index contributed by atoms with van der Waals surface area (Å²) in [6.45, 7) is 1.53. The Morgan fingerprint density at radius 1 is 1.10 bits per heavy atom. The highest BCUT2D eigenvalue weighted by Gasteiger charge is 1.96. The van der Waals surface area contributed by atoms with Crippen LogP contribution in [0.1, 0.15) is 28.4 Å². The van der Waals surface area contributed by atoms with E-state index in [1.165, 1.54) is 13.0 Å². The van der Waals surface area contributed by atoms with Gasteiger partial charge in [-0.25, -0.2) is 4.39 Å². The van der Waals surface area contributed by atoms with Crippen LogP contribution < -0.4 is 0 Å². The summed E-state index contributed by atoms with van der Waals surface area (Å²) >= 11 is 0. The summed E-state index contributed by atoms with van der Waals surface area (Å²) < 4.78 is 13.3. The predicted molar refractivity (Wildman–Crippen MR) is 78.8 cm³/mol. The maximum atomic E-state index is 13.3. The number of carbonyl (C=O) groups is 1. The summed E-state index contributed by atoms with van der Waals surface area (Å²) in [6.07, 6.45) is 3.48. The van der Waals surface area contributed by atoms with E-state index in [0.29, 0.717) is 11.1 Å². The Kier molecular flexibility index (Phi) is 4.47. The maximum Gasteiger partial charge on any atom is 0.159 e. The Morgan fingerprint density at radius 2 is 1.80 bits per heavy atom. The molecular weight excluding hydrogens is 251 g/mol. The Balaban J connectivity index is 2.08. The van der Waals surface area contributed by atoms with Crippen molar-refractivity contribution in [3.05, 3.63) is 77.1 Å². The average Bonchev–Trinajstić information content (AvgIpc) is 2.46. The lowest BCUT2D eigenvalue weighted by atomic mass is 10.1. The summed E-state index contributed by atoms with van der Waals surface area (Å²) in [5.41, 5.74) is 2.00. The zero-order valence-electron chi connectivity index (χ0n) is 11.1. The van der Waals surface area contributed by atoms with Gasteiger partial charge in [0.15, 0.2) is 5.78 Å². The van der Waals surface area contributed by atoms with Crippen LogP contribution in [0.15, 0.2) is 54.6 Å². The van der Waals surface area contributed by atoms with E-state index < -0.39 is 0 Å². The fourth-order valence-electron chi connectivity index (χ4n) is 1.65. The molecule has 0 radical (unpaired) electrons. The number of ketones is 1. The minimum Gasteiger partial charge on any atom is -0.295 e. The number of hydrogen-bond acceptors (Lipinski definition) is 1. The van der Waals surface area contributed by atoms with E-state index in [0.717, 1.165) is 5.56 Å². The molecular formula is C18H13FO. The molecule has 20 heavy (non-hydrogen) atoms. The number of allylic oxidation sites excluding steroid dienone is 1. The normalized spacial score (nSPS) is 10.1. The van der Waals surface area contributed by atoms with Crippen molar-refractivity contribution in [1.82, 2.24) is 0 Å². The Hall–Kier alpha value is -2.66. The van der Waals surface area contributed by atoms with Crippen molar-refractivity contribution >= 4 is 11.9 Å². The molecule has 2 heteroatoms. The number of Topliss-reactive ketones (excluding diaryl/α,β-unsaturated/α-hetero) is 1. The number of benzene rings is 2. The first-order valence-corrected chi connectivity index (χ1v) is 6.20. The fraction of sp³-hybridized carbons (Fsp3) is 0.0556. The molecule has 0 N–H and O–H groups in total. The second-order valence-electron chi connectivity index (χ2n) is 4.26. The molecule has 0 aliphatic carbocycles. The van der Waals surface area contributed by atoms with Gasteiger partial charge in [-0.05, 0) is 36.8 Å². The Bertz CT molecular complexity index is 700. The van der Waals surface area contributed by atoms with Crippen molar-refractivity contribution in [3.8, 4) is 11.8 Å². The monoisotopic (exact) mass is 264 g/mol. The van der Waals surface area contributed by atoms with Crippen molar-refractivity contribution in [2.24, 2.45) is 0 Å². The number of halogens is 1. The first-order valence-electron chi connectivity index (χ1n) is 6.20. The topological polar surface area (TPSA) is 17.1 Å². The van der Waals surface area contributed by atoms with Crippen LogP contribution in [-0.4, -0.2) is 5.78 Å². The minimum absolute atomic E-state index is 0.0416. The van der Waals surface area contributed by atoms with Crippen molar-refractivity contribution in [3.63, 3.8) is 0 Å². The fourth-order valence-corrected chi connectivity index (χ4v) is 1.65. The molecule has 0 aliphatic rings. The van der Waals surface area contributed by atoms with E-state index >= 15 is 0 Å². The van der Waals surface area contributed by atoms with Gasteiger partial charge in [-0.15, -0.1) is 0 Å². The van der Waals surface area contributed by atoms with E-state index in [2.05, 4.69) is 11.8 Å². The molecule has 0 amide bonds. The summed E-state index contributed by atoms with van der Waals surface area (Å²) in [7, 11) is 0. The van der Waals surface area contributed by atoms with Crippen LogP contribution in [-0.2, 0) is 0 Å². The first-order chi connectivity index (χ1) is 9.66. The third kappa shape index (κ3) is 3.66. The van der Waals surface area contributed by atoms with Gasteiger partial charge in [-0.2, -0.15) is 0 Å². The average molecular weight is 264 g/mol. The summed E-state index contributed by atoms with van der Waals surface area (Å²) in [4.78, 5) is 11.1. The lowest BCUT2D eigenvalue weighted by molar-refractivity contribution is 0.101. The lowest BCUT2D eigenvalue weighted by Gasteiger charge is -1.95. The number of hydrogen-bond donors (Lipinski definition) is 0. The van der Waals surface area contributed by atoms with Gasteiger partial charge < -0.3 is 0 Å². The zero-order valence-corrected chi connectivity index (χ0v) is 11.1. The number of carbonyl (C=O) groups excluding carboxylic acids is 1. The highest BCUT2D eigenvalue weighted by Crippen LogP contribution is 2.07. The third-order valence-electron chi connectivity index (χ3n) is 2.76. The van der Waals surface area contributed by atoms with E-state index in [1.54, 1.807) is 36.4 Å². The van der Waals surface area contributed by atoms with Crippen molar-refractivity contribution in [2.45, 2.75) is 6.92 Å². The van der Waals surface area contributed by atoms with Gasteiger partial charge in [0.05, 0.1) is 5.56 Å². The van der Waals surface area contributed by atoms with E-state index in [-0.39, 0.29) is 11.6 Å². The number of rotatable bonds is 2. The first kappa shape index (κ1) is 13.8. The van der Waals surface area contributed by atoms with E-state index in [1.807, 2.05) is 18.2 Å². The van der Waals surface area contributed by atoms with Crippen molar-refractivity contribution in [1.29, 1.82) is 0 Å². The van der Waals surface area contributed by atoms with Crippen LogP contribution in [0.4, 0.5) is 4.39 Å². The van der Waals surface area contributed by atoms with Crippen LogP contribution in [0.2, 0.25) is 0 Å². The zero-order chi connectivity index (χ0) is 14.4. The van der Waals surface area contributed by atoms with Crippen molar-refractivity contribution < 1.29 is 9.18 Å². The SMILES string of the molecule is CC(=O)c1ccc(/C=C/C#Cc2ccccc2F)cc1. The highest BCUT2D eigenvalue weighted by molar-refractivity contribution is 5.94. The molecule has 0 spiro atoms. The van der Waals surface area contributed by atoms with Gasteiger partial charge in [0, 0.05) is 5.56 Å². The quantitative estimate of drug-likeness (QED) is 0.589. The smallest absolute Gasteiger partial charge is 0.159 e. The molecule has 2 aromatic rings. The van der Waals surface area contributed by atoms with Gasteiger partial charge in [-0.3, -0.25) is 4.79 Å². The summed E-state index contributed by atoms with van der Waals surface area (Å²) in [5.74, 6) is 5.26. The minimum atomic E-state index is -0.320. The van der Waals surface area contributed by atoms with Crippen LogP contribution in [0.5, 0.6) is 0 Å². The maximum absolute atomic E-state index is 13.3. The molecule has 0 bridgehead atoms. The van der Waals surface area contributed by atoms with Gasteiger partial charge in [0.2, 0.25) is 0 Å². The third-order valence-corrected chi connectivity index (χ3v) is 2.76. The van der Waals surface area contributed by atoms with E-state index in [4.69, 9.17) is 0 Å². The molecule has 0 unspecified atom stereocenters. The van der Waals surface area contributed by atoms with Gasteiger partial charge in [-0.1, -0.05) is 48.2 Å². The van der Waals surface area contributed by atoms with Crippen LogP contribution in [0, 0.1) is 17.7 Å². The highest BCUT2D eigenvalue weighted by atomic mass is 19.1. The molecule has 0 fully saturated rings. The van der Waals surface area contributed by atoms with Gasteiger partial charge >= 0.3 is 0 Å². The molecule has 2 rings (SSSR count). The predicted octanol–water partition coefficient (Wildman–Crippen LogP) is 4.09. The van der Waals surface area contributed by atoms with Crippen LogP contribution >= 0.6 is 0 Å².